The molecule has 1 aliphatic carbocycles. The van der Waals surface area contributed by atoms with Crippen molar-refractivity contribution in [2.24, 2.45) is 0 Å². The predicted molar refractivity (Wildman–Crippen MR) is 81.4 cm³/mol. The molecule has 7 nitrogen and oxygen atoms in total. The Bertz CT molecular complexity index is 626. The van der Waals surface area contributed by atoms with E-state index in [4.69, 9.17) is 5.73 Å². The largest absolute Gasteiger partial charge is 0.397 e. The molecule has 0 spiro atoms. The molecule has 1 fully saturated rings. The van der Waals surface area contributed by atoms with Gasteiger partial charge in [-0.25, -0.2) is 13.1 Å². The van der Waals surface area contributed by atoms with E-state index in [1.54, 1.807) is 6.07 Å². The van der Waals surface area contributed by atoms with Gasteiger partial charge in [-0.05, 0) is 38.1 Å². The van der Waals surface area contributed by atoms with Crippen LogP contribution in [0.5, 0.6) is 0 Å². The number of nitrogens with two attached hydrogens (primary N) is 1. The van der Waals surface area contributed by atoms with Crippen LogP contribution in [0, 0.1) is 0 Å². The van der Waals surface area contributed by atoms with E-state index < -0.39 is 10.0 Å². The van der Waals surface area contributed by atoms with Gasteiger partial charge in [0.1, 0.15) is 0 Å². The van der Waals surface area contributed by atoms with Crippen LogP contribution in [0.25, 0.3) is 0 Å². The van der Waals surface area contributed by atoms with E-state index in [1.165, 1.54) is 19.2 Å². The molecular formula is C13H20N4O3S. The fourth-order valence-corrected chi connectivity index (χ4v) is 2.59. The number of amides is 1. The van der Waals surface area contributed by atoms with E-state index >= 15 is 0 Å². The highest BCUT2D eigenvalue weighted by atomic mass is 32.2. The van der Waals surface area contributed by atoms with Gasteiger partial charge in [0, 0.05) is 19.0 Å². The van der Waals surface area contributed by atoms with Crippen LogP contribution in [0.1, 0.15) is 19.3 Å². The third-order valence-electron chi connectivity index (χ3n) is 3.21. The van der Waals surface area contributed by atoms with Crippen molar-refractivity contribution in [3.8, 4) is 0 Å². The summed E-state index contributed by atoms with van der Waals surface area (Å²) in [5, 5.41) is 5.93. The quantitative estimate of drug-likeness (QED) is 0.539. The van der Waals surface area contributed by atoms with Crippen molar-refractivity contribution in [3.63, 3.8) is 0 Å². The molecule has 1 aromatic rings. The van der Waals surface area contributed by atoms with Gasteiger partial charge < -0.3 is 16.4 Å². The fourth-order valence-electron chi connectivity index (χ4n) is 1.83. The Morgan fingerprint density at radius 3 is 2.67 bits per heavy atom. The zero-order valence-electron chi connectivity index (χ0n) is 11.8. The topological polar surface area (TPSA) is 113 Å². The molecule has 0 heterocycles. The van der Waals surface area contributed by atoms with Crippen molar-refractivity contribution in [2.45, 2.75) is 30.2 Å². The van der Waals surface area contributed by atoms with E-state index in [0.29, 0.717) is 30.4 Å². The Morgan fingerprint density at radius 2 is 2.10 bits per heavy atom. The van der Waals surface area contributed by atoms with Gasteiger partial charge in [-0.2, -0.15) is 0 Å². The molecule has 0 atom stereocenters. The average Bonchev–Trinajstić information content (AvgIpc) is 3.24. The van der Waals surface area contributed by atoms with Gasteiger partial charge in [-0.1, -0.05) is 0 Å². The Kier molecular flexibility index (Phi) is 4.69. The van der Waals surface area contributed by atoms with Crippen molar-refractivity contribution < 1.29 is 13.2 Å². The molecular weight excluding hydrogens is 292 g/mol. The molecule has 5 N–H and O–H groups in total. The van der Waals surface area contributed by atoms with Crippen molar-refractivity contribution in [1.82, 2.24) is 10.0 Å². The van der Waals surface area contributed by atoms with Gasteiger partial charge >= 0.3 is 0 Å². The van der Waals surface area contributed by atoms with Gasteiger partial charge in [0.15, 0.2) is 0 Å². The number of hydrogen-bond acceptors (Lipinski definition) is 5. The van der Waals surface area contributed by atoms with Crippen LogP contribution < -0.4 is 21.1 Å². The summed E-state index contributed by atoms with van der Waals surface area (Å²) in [6, 6.07) is 4.81. The second-order valence-electron chi connectivity index (χ2n) is 4.98. The summed E-state index contributed by atoms with van der Waals surface area (Å²) in [6.45, 7) is 0.445. The lowest BCUT2D eigenvalue weighted by molar-refractivity contribution is -0.120. The number of benzene rings is 1. The Balaban J connectivity index is 1.90. The Labute approximate surface area is 124 Å². The minimum atomic E-state index is -3.50. The van der Waals surface area contributed by atoms with E-state index in [1.807, 2.05) is 0 Å². The lowest BCUT2D eigenvalue weighted by atomic mass is 10.2. The molecule has 1 amide bonds. The van der Waals surface area contributed by atoms with E-state index in [9.17, 15) is 13.2 Å². The SMILES string of the molecule is CNS(=O)(=O)c1ccc(NCCC(=O)NC2CC2)c(N)c1. The molecule has 0 radical (unpaired) electrons. The molecule has 0 aromatic heterocycles. The number of nitrogen functional groups attached to an aromatic ring is 1. The van der Waals surface area contributed by atoms with Crippen molar-refractivity contribution in [1.29, 1.82) is 0 Å². The van der Waals surface area contributed by atoms with Gasteiger partial charge in [0.2, 0.25) is 15.9 Å². The maximum Gasteiger partial charge on any atom is 0.240 e. The standard InChI is InChI=1S/C13H20N4O3S/c1-15-21(19,20)10-4-5-12(11(14)8-10)16-7-6-13(18)17-9-2-3-9/h4-5,8-9,15-16H,2-3,6-7,14H2,1H3,(H,17,18). The normalized spacial score (nSPS) is 14.7. The first kappa shape index (κ1) is 15.6. The Hall–Kier alpha value is -1.80. The van der Waals surface area contributed by atoms with E-state index in [2.05, 4.69) is 15.4 Å². The summed E-state index contributed by atoms with van der Waals surface area (Å²) >= 11 is 0. The summed E-state index contributed by atoms with van der Waals surface area (Å²) in [4.78, 5) is 11.6. The highest BCUT2D eigenvalue weighted by molar-refractivity contribution is 7.89. The van der Waals surface area contributed by atoms with E-state index in [-0.39, 0.29) is 10.8 Å². The summed E-state index contributed by atoms with van der Waals surface area (Å²) < 4.78 is 25.5. The number of sulfonamides is 1. The fraction of sp³-hybridized carbons (Fsp3) is 0.462. The molecule has 116 valence electrons. The van der Waals surface area contributed by atoms with Crippen molar-refractivity contribution in [3.05, 3.63) is 18.2 Å². The zero-order valence-corrected chi connectivity index (χ0v) is 12.7. The minimum absolute atomic E-state index is 0.0120. The molecule has 1 aliphatic rings. The van der Waals surface area contributed by atoms with Crippen molar-refractivity contribution in [2.75, 3.05) is 24.6 Å². The maximum atomic E-state index is 11.6. The number of hydrogen-bond donors (Lipinski definition) is 4. The molecule has 1 saturated carbocycles. The van der Waals surface area contributed by atoms with Gasteiger partial charge in [-0.3, -0.25) is 4.79 Å². The lowest BCUT2D eigenvalue weighted by Gasteiger charge is -2.11. The number of carbonyl (C=O) groups excluding carboxylic acids is 1. The molecule has 0 unspecified atom stereocenters. The molecule has 0 aliphatic heterocycles. The molecule has 2 rings (SSSR count). The van der Waals surface area contributed by atoms with Crippen molar-refractivity contribution >= 4 is 27.3 Å². The first-order chi connectivity index (χ1) is 9.92. The first-order valence-electron chi connectivity index (χ1n) is 6.78. The van der Waals surface area contributed by atoms with Gasteiger partial charge in [0.25, 0.3) is 0 Å². The van der Waals surface area contributed by atoms with Crippen LogP contribution in [0.2, 0.25) is 0 Å². The third kappa shape index (κ3) is 4.33. The van der Waals surface area contributed by atoms with Crippen LogP contribution in [0.15, 0.2) is 23.1 Å². The number of rotatable bonds is 7. The van der Waals surface area contributed by atoms with Crippen LogP contribution in [0.3, 0.4) is 0 Å². The van der Waals surface area contributed by atoms with Crippen LogP contribution in [0.4, 0.5) is 11.4 Å². The average molecular weight is 312 g/mol. The smallest absolute Gasteiger partial charge is 0.240 e. The lowest BCUT2D eigenvalue weighted by Crippen LogP contribution is -2.27. The third-order valence-corrected chi connectivity index (χ3v) is 4.62. The summed E-state index contributed by atoms with van der Waals surface area (Å²) in [6.07, 6.45) is 2.48. The zero-order chi connectivity index (χ0) is 15.5. The second kappa shape index (κ2) is 6.31. The molecule has 0 bridgehead atoms. The van der Waals surface area contributed by atoms with Crippen LogP contribution >= 0.6 is 0 Å². The second-order valence-corrected chi connectivity index (χ2v) is 6.86. The summed E-state index contributed by atoms with van der Waals surface area (Å²) in [5.41, 5.74) is 6.77. The molecule has 1 aromatic carbocycles. The summed E-state index contributed by atoms with van der Waals surface area (Å²) in [5.74, 6) is 0.0120. The maximum absolute atomic E-state index is 11.6. The van der Waals surface area contributed by atoms with Crippen LogP contribution in [-0.2, 0) is 14.8 Å². The van der Waals surface area contributed by atoms with E-state index in [0.717, 1.165) is 12.8 Å². The highest BCUT2D eigenvalue weighted by Gasteiger charge is 2.22. The predicted octanol–water partition coefficient (Wildman–Crippen LogP) is 0.258. The Morgan fingerprint density at radius 1 is 1.38 bits per heavy atom. The first-order valence-corrected chi connectivity index (χ1v) is 8.27. The molecule has 21 heavy (non-hydrogen) atoms. The van der Waals surface area contributed by atoms with Gasteiger partial charge in [-0.15, -0.1) is 0 Å². The summed E-state index contributed by atoms with van der Waals surface area (Å²) in [7, 11) is -2.16. The monoisotopic (exact) mass is 312 g/mol. The highest BCUT2D eigenvalue weighted by Crippen LogP contribution is 2.22. The molecule has 0 saturated heterocycles. The number of nitrogens with one attached hydrogen (secondary N) is 3. The number of anilines is 2. The van der Waals surface area contributed by atoms with Gasteiger partial charge in [0.05, 0.1) is 16.3 Å². The van der Waals surface area contributed by atoms with Crippen LogP contribution in [-0.4, -0.2) is 34.0 Å². The molecule has 8 heteroatoms. The minimum Gasteiger partial charge on any atom is -0.397 e. The number of carbonyl (C=O) groups is 1.